The molecule has 0 atom stereocenters. The molecule has 0 bridgehead atoms. The predicted octanol–water partition coefficient (Wildman–Crippen LogP) is -7.81. The van der Waals surface area contributed by atoms with Gasteiger partial charge in [-0.05, 0) is 6.07 Å². The molecule has 1 aromatic carbocycles. The molecule has 2 aliphatic heterocycles. The summed E-state index contributed by atoms with van der Waals surface area (Å²) in [7, 11) is 0. The molecule has 120 valence electrons. The van der Waals surface area contributed by atoms with Gasteiger partial charge in [-0.1, -0.05) is 12.1 Å². The third kappa shape index (κ3) is 4.71. The molecular weight excluding hydrogens is 315 g/mol. The molecule has 0 unspecified atom stereocenters. The average molecular weight is 337 g/mol. The molecule has 2 aliphatic rings. The quantitative estimate of drug-likeness (QED) is 0.481. The predicted molar refractivity (Wildman–Crippen MR) is 69.7 cm³/mol. The first-order valence-electron chi connectivity index (χ1n) is 7.03. The summed E-state index contributed by atoms with van der Waals surface area (Å²) in [6.07, 6.45) is -0.0123. The number of halogens is 2. The number of benzene rings is 1. The summed E-state index contributed by atoms with van der Waals surface area (Å²) in [6.45, 7) is 6.66. The van der Waals surface area contributed by atoms with Crippen LogP contribution in [0.3, 0.4) is 0 Å². The van der Waals surface area contributed by atoms with E-state index < -0.39 is 0 Å². The van der Waals surface area contributed by atoms with Crippen molar-refractivity contribution in [3.8, 4) is 5.75 Å². The fraction of sp³-hybridized carbons (Fsp3) is 0.571. The van der Waals surface area contributed by atoms with Gasteiger partial charge in [0.05, 0.1) is 13.2 Å². The van der Waals surface area contributed by atoms with Crippen molar-refractivity contribution < 1.29 is 49.2 Å². The molecule has 7 heteroatoms. The fourth-order valence-corrected chi connectivity index (χ4v) is 2.91. The average Bonchev–Trinajstić information content (AvgIpc) is 2.93. The Morgan fingerprint density at radius 3 is 2.24 bits per heavy atom. The topological polar surface area (TPSA) is 47.6 Å². The second-order valence-electron chi connectivity index (χ2n) is 5.25. The maximum atomic E-state index is 9.89. The number of ether oxygens (including phenoxy) is 2. The van der Waals surface area contributed by atoms with Crippen LogP contribution in [-0.4, -0.2) is 57.3 Å². The van der Waals surface area contributed by atoms with Crippen molar-refractivity contribution in [1.82, 2.24) is 0 Å². The number of hydrogen-bond acceptors (Lipinski definition) is 3. The first-order valence-corrected chi connectivity index (χ1v) is 7.03. The van der Waals surface area contributed by atoms with Crippen molar-refractivity contribution >= 4 is 5.69 Å². The van der Waals surface area contributed by atoms with Crippen LogP contribution in [0.1, 0.15) is 0 Å². The molecule has 2 heterocycles. The van der Waals surface area contributed by atoms with E-state index in [1.807, 2.05) is 18.2 Å². The first-order chi connectivity index (χ1) is 9.33. The summed E-state index contributed by atoms with van der Waals surface area (Å²) in [5.74, 6) is 0.406. The lowest BCUT2D eigenvalue weighted by Crippen LogP contribution is -3.26. The van der Waals surface area contributed by atoms with Crippen LogP contribution in [-0.2, 0) is 9.47 Å². The molecule has 0 aliphatic carbocycles. The highest BCUT2D eigenvalue weighted by Gasteiger charge is 2.29. The zero-order valence-electron chi connectivity index (χ0n) is 11.9. The molecule has 21 heavy (non-hydrogen) atoms. The summed E-state index contributed by atoms with van der Waals surface area (Å²) in [5.41, 5.74) is 1.02. The van der Waals surface area contributed by atoms with E-state index in [1.165, 1.54) is 9.80 Å². The number of rotatable bonds is 3. The third-order valence-corrected chi connectivity index (χ3v) is 3.99. The summed E-state index contributed by atoms with van der Waals surface area (Å²) in [4.78, 5) is 2.90. The lowest BCUT2D eigenvalue weighted by molar-refractivity contribution is -0.989. The number of hydrogen-bond donors (Lipinski definition) is 3. The van der Waals surface area contributed by atoms with Gasteiger partial charge in [-0.3, -0.25) is 4.90 Å². The first kappa shape index (κ1) is 18.5. The zero-order valence-corrected chi connectivity index (χ0v) is 13.4. The van der Waals surface area contributed by atoms with Crippen molar-refractivity contribution in [3.05, 3.63) is 24.3 Å². The van der Waals surface area contributed by atoms with Crippen molar-refractivity contribution in [2.75, 3.05) is 45.9 Å². The highest BCUT2D eigenvalue weighted by atomic mass is 35.5. The van der Waals surface area contributed by atoms with Crippen molar-refractivity contribution in [1.29, 1.82) is 0 Å². The SMILES string of the molecule is Oc1ccccc1[NH+]1CC[NH+](CC2OCCO2)CC1.[Cl-].[Cl-]. The van der Waals surface area contributed by atoms with Crippen LogP contribution >= 0.6 is 0 Å². The number of phenols is 1. The molecule has 0 saturated carbocycles. The number of nitrogens with one attached hydrogen (secondary N) is 2. The summed E-state index contributed by atoms with van der Waals surface area (Å²) in [6, 6.07) is 7.64. The number of phenolic OH excluding ortho intramolecular Hbond substituents is 1. The molecule has 0 aromatic heterocycles. The van der Waals surface area contributed by atoms with Gasteiger partial charge in [0, 0.05) is 6.07 Å². The van der Waals surface area contributed by atoms with Crippen LogP contribution in [0.15, 0.2) is 24.3 Å². The molecule has 5 nitrogen and oxygen atoms in total. The van der Waals surface area contributed by atoms with E-state index in [-0.39, 0.29) is 31.1 Å². The van der Waals surface area contributed by atoms with Crippen LogP contribution in [0.25, 0.3) is 0 Å². The number of para-hydroxylation sites is 2. The molecule has 0 amide bonds. The molecule has 3 rings (SSSR count). The Hall–Kier alpha value is -0.560. The molecular formula is C14H22Cl2N2O3. The second kappa shape index (κ2) is 8.78. The van der Waals surface area contributed by atoms with Gasteiger partial charge in [0.15, 0.2) is 11.4 Å². The number of aromatic hydroxyl groups is 1. The monoisotopic (exact) mass is 336 g/mol. The van der Waals surface area contributed by atoms with Gasteiger partial charge in [0.1, 0.15) is 32.7 Å². The van der Waals surface area contributed by atoms with Crippen LogP contribution in [0, 0.1) is 0 Å². The van der Waals surface area contributed by atoms with E-state index in [9.17, 15) is 5.11 Å². The maximum Gasteiger partial charge on any atom is 0.207 e. The largest absolute Gasteiger partial charge is 1.00 e. The summed E-state index contributed by atoms with van der Waals surface area (Å²) < 4.78 is 11.0. The van der Waals surface area contributed by atoms with E-state index in [4.69, 9.17) is 9.47 Å². The number of quaternary nitrogens is 2. The Labute approximate surface area is 137 Å². The van der Waals surface area contributed by atoms with Gasteiger partial charge in [0.2, 0.25) is 6.29 Å². The van der Waals surface area contributed by atoms with Crippen molar-refractivity contribution in [2.24, 2.45) is 0 Å². The zero-order chi connectivity index (χ0) is 13.1. The van der Waals surface area contributed by atoms with Gasteiger partial charge in [-0.15, -0.1) is 0 Å². The molecule has 2 saturated heterocycles. The lowest BCUT2D eigenvalue weighted by atomic mass is 10.2. The Kier molecular flexibility index (Phi) is 7.73. The molecule has 2 fully saturated rings. The summed E-state index contributed by atoms with van der Waals surface area (Å²) >= 11 is 0. The van der Waals surface area contributed by atoms with Crippen molar-refractivity contribution in [3.63, 3.8) is 0 Å². The van der Waals surface area contributed by atoms with E-state index in [2.05, 4.69) is 0 Å². The Morgan fingerprint density at radius 1 is 1.00 bits per heavy atom. The highest BCUT2D eigenvalue weighted by Crippen LogP contribution is 2.16. The van der Waals surface area contributed by atoms with Crippen LogP contribution in [0.5, 0.6) is 5.75 Å². The van der Waals surface area contributed by atoms with Gasteiger partial charge < -0.3 is 44.3 Å². The Morgan fingerprint density at radius 2 is 1.62 bits per heavy atom. The Bertz CT molecular complexity index is 422. The van der Waals surface area contributed by atoms with Crippen LogP contribution in [0.4, 0.5) is 5.69 Å². The summed E-state index contributed by atoms with van der Waals surface area (Å²) in [5, 5.41) is 9.89. The van der Waals surface area contributed by atoms with Gasteiger partial charge in [-0.2, -0.15) is 0 Å². The smallest absolute Gasteiger partial charge is 0.207 e. The lowest BCUT2D eigenvalue weighted by Gasteiger charge is -2.30. The third-order valence-electron chi connectivity index (χ3n) is 3.99. The fourth-order valence-electron chi connectivity index (χ4n) is 2.91. The number of piperazine rings is 1. The van der Waals surface area contributed by atoms with E-state index >= 15 is 0 Å². The molecule has 1 aromatic rings. The minimum atomic E-state index is -0.0123. The Balaban J connectivity index is 0.00000110. The minimum absolute atomic E-state index is 0. The van der Waals surface area contributed by atoms with Gasteiger partial charge in [-0.25, -0.2) is 0 Å². The maximum absolute atomic E-state index is 9.89. The van der Waals surface area contributed by atoms with E-state index in [0.29, 0.717) is 5.75 Å². The van der Waals surface area contributed by atoms with Gasteiger partial charge in [0.25, 0.3) is 0 Å². The van der Waals surface area contributed by atoms with E-state index in [1.54, 1.807) is 6.07 Å². The van der Waals surface area contributed by atoms with Crippen molar-refractivity contribution in [2.45, 2.75) is 6.29 Å². The minimum Gasteiger partial charge on any atom is -1.00 e. The highest BCUT2D eigenvalue weighted by molar-refractivity contribution is 5.44. The normalized spacial score (nSPS) is 25.9. The van der Waals surface area contributed by atoms with E-state index in [0.717, 1.165) is 51.6 Å². The standard InChI is InChI=1S/C14H20N2O3.2ClH/c17-13-4-2-1-3-12(13)16-7-5-15(6-8-16)11-14-18-9-10-19-14;;/h1-4,14,17H,5-11H2;2*1H. The van der Waals surface area contributed by atoms with Crippen LogP contribution in [0.2, 0.25) is 0 Å². The molecule has 3 N–H and O–H groups in total. The molecule has 0 radical (unpaired) electrons. The molecule has 0 spiro atoms. The second-order valence-corrected chi connectivity index (χ2v) is 5.25. The van der Waals surface area contributed by atoms with Crippen LogP contribution < -0.4 is 34.6 Å². The van der Waals surface area contributed by atoms with Gasteiger partial charge >= 0.3 is 0 Å².